The number of carbonyl (C=O) groups excluding carboxylic acids is 1. The van der Waals surface area contributed by atoms with Crippen LogP contribution in [0.25, 0.3) is 22.3 Å². The first-order chi connectivity index (χ1) is 18.0. The number of carbonyl (C=O) groups is 1. The summed E-state index contributed by atoms with van der Waals surface area (Å²) in [6, 6.07) is 8.52. The number of piperidine rings is 1. The summed E-state index contributed by atoms with van der Waals surface area (Å²) in [5, 5.41) is 15.4. The number of benzene rings is 1. The molecule has 2 fully saturated rings. The van der Waals surface area contributed by atoms with E-state index >= 15 is 0 Å². The molecule has 1 aromatic carbocycles. The van der Waals surface area contributed by atoms with Crippen LogP contribution >= 0.6 is 11.6 Å². The van der Waals surface area contributed by atoms with Crippen LogP contribution in [0.1, 0.15) is 29.6 Å². The average molecular weight is 519 g/mol. The van der Waals surface area contributed by atoms with Crippen LogP contribution in [0.15, 0.2) is 49.2 Å². The summed E-state index contributed by atoms with van der Waals surface area (Å²) >= 11 is 5.93. The quantitative estimate of drug-likeness (QED) is 0.430. The highest BCUT2D eigenvalue weighted by Crippen LogP contribution is 2.37. The van der Waals surface area contributed by atoms with Crippen molar-refractivity contribution in [3.8, 4) is 17.3 Å². The van der Waals surface area contributed by atoms with Gasteiger partial charge in [0.25, 0.3) is 5.91 Å². The standard InChI is InChI=1S/C26H24ClFN8O/c27-19-9-17(10-20(28)11-19)25(37)34-7-2-21(3-8-34)35-14-26(15-35,4-5-29)36-13-18(12-33-36)23-22-1-6-30-24(22)32-16-31-23/h1,6,9-13,16,21H,2-4,7-8,14-15H2,(H,30,31,32). The van der Waals surface area contributed by atoms with Crippen LogP contribution in [0, 0.1) is 17.1 Å². The number of likely N-dealkylation sites (tertiary alicyclic amines) is 2. The molecule has 2 aliphatic heterocycles. The van der Waals surface area contributed by atoms with E-state index in [9.17, 15) is 14.4 Å². The third kappa shape index (κ3) is 4.24. The Hall–Kier alpha value is -3.81. The van der Waals surface area contributed by atoms with Gasteiger partial charge < -0.3 is 9.88 Å². The lowest BCUT2D eigenvalue weighted by atomic mass is 9.83. The number of aromatic amines is 1. The highest BCUT2D eigenvalue weighted by atomic mass is 35.5. The van der Waals surface area contributed by atoms with Crippen LogP contribution in [-0.2, 0) is 5.54 Å². The van der Waals surface area contributed by atoms with E-state index < -0.39 is 11.4 Å². The molecule has 0 atom stereocenters. The summed E-state index contributed by atoms with van der Waals surface area (Å²) < 4.78 is 15.6. The van der Waals surface area contributed by atoms with Gasteiger partial charge in [0.05, 0.1) is 24.4 Å². The Bertz CT molecular complexity index is 1490. The largest absolute Gasteiger partial charge is 0.346 e. The van der Waals surface area contributed by atoms with Gasteiger partial charge in [-0.05, 0) is 37.1 Å². The SMILES string of the molecule is N#CCC1(n2cc(-c3ncnc4[nH]ccc34)cn2)CN(C2CCN(C(=O)c3cc(F)cc(Cl)c3)CC2)C1. The van der Waals surface area contributed by atoms with Gasteiger partial charge in [0.2, 0.25) is 0 Å². The summed E-state index contributed by atoms with van der Waals surface area (Å²) in [5.41, 5.74) is 2.33. The molecule has 4 aromatic rings. The van der Waals surface area contributed by atoms with E-state index in [4.69, 9.17) is 11.6 Å². The first-order valence-corrected chi connectivity index (χ1v) is 12.5. The number of H-pyrrole nitrogens is 1. The number of nitriles is 1. The van der Waals surface area contributed by atoms with Crippen molar-refractivity contribution in [3.63, 3.8) is 0 Å². The van der Waals surface area contributed by atoms with Crippen molar-refractivity contribution in [2.24, 2.45) is 0 Å². The Kier molecular flexibility index (Phi) is 5.89. The lowest BCUT2D eigenvalue weighted by Crippen LogP contribution is -2.66. The number of halogens is 2. The molecule has 1 N–H and O–H groups in total. The molecule has 9 nitrogen and oxygen atoms in total. The molecule has 0 saturated carbocycles. The third-order valence-corrected chi connectivity index (χ3v) is 7.69. The molecular formula is C26H24ClFN8O. The lowest BCUT2D eigenvalue weighted by molar-refractivity contribution is -0.0412. The molecule has 1 amide bonds. The highest BCUT2D eigenvalue weighted by molar-refractivity contribution is 6.31. The van der Waals surface area contributed by atoms with Crippen LogP contribution in [0.2, 0.25) is 5.02 Å². The second-order valence-corrected chi connectivity index (χ2v) is 10.2. The van der Waals surface area contributed by atoms with Crippen molar-refractivity contribution in [1.29, 1.82) is 5.26 Å². The number of aromatic nitrogens is 5. The van der Waals surface area contributed by atoms with E-state index in [1.807, 2.05) is 23.1 Å². The van der Waals surface area contributed by atoms with Crippen molar-refractivity contribution in [2.75, 3.05) is 26.2 Å². The molecule has 0 radical (unpaired) electrons. The molecule has 3 aromatic heterocycles. The summed E-state index contributed by atoms with van der Waals surface area (Å²) in [4.78, 5) is 28.8. The van der Waals surface area contributed by atoms with E-state index in [0.717, 1.165) is 35.1 Å². The zero-order valence-electron chi connectivity index (χ0n) is 19.9. The number of fused-ring (bicyclic) bond motifs is 1. The minimum Gasteiger partial charge on any atom is -0.346 e. The minimum absolute atomic E-state index is 0.201. The number of hydrogen-bond donors (Lipinski definition) is 1. The van der Waals surface area contributed by atoms with Gasteiger partial charge in [0.1, 0.15) is 23.3 Å². The summed E-state index contributed by atoms with van der Waals surface area (Å²) in [5.74, 6) is -0.716. The Morgan fingerprint density at radius 1 is 1.24 bits per heavy atom. The fraction of sp³-hybridized carbons (Fsp3) is 0.346. The number of amides is 1. The Morgan fingerprint density at radius 2 is 2.05 bits per heavy atom. The zero-order chi connectivity index (χ0) is 25.6. The van der Waals surface area contributed by atoms with Gasteiger partial charge in [0, 0.05) is 66.2 Å². The molecule has 5 heterocycles. The second-order valence-electron chi connectivity index (χ2n) is 9.78. The molecule has 6 rings (SSSR count). The van der Waals surface area contributed by atoms with E-state index in [2.05, 4.69) is 31.0 Å². The first-order valence-electron chi connectivity index (χ1n) is 12.2. The van der Waals surface area contributed by atoms with Crippen LogP contribution in [0.4, 0.5) is 4.39 Å². The summed E-state index contributed by atoms with van der Waals surface area (Å²) in [6.45, 7) is 2.60. The fourth-order valence-corrected chi connectivity index (χ4v) is 5.78. The molecule has 0 bridgehead atoms. The van der Waals surface area contributed by atoms with E-state index in [-0.39, 0.29) is 16.5 Å². The molecule has 0 unspecified atom stereocenters. The Balaban J connectivity index is 1.12. The lowest BCUT2D eigenvalue weighted by Gasteiger charge is -2.53. The van der Waals surface area contributed by atoms with Crippen molar-refractivity contribution in [2.45, 2.75) is 30.8 Å². The second kappa shape index (κ2) is 9.25. The van der Waals surface area contributed by atoms with Crippen LogP contribution in [0.3, 0.4) is 0 Å². The third-order valence-electron chi connectivity index (χ3n) is 7.48. The summed E-state index contributed by atoms with van der Waals surface area (Å²) in [6.07, 6.45) is 9.10. The molecule has 0 aliphatic carbocycles. The molecule has 0 spiro atoms. The van der Waals surface area contributed by atoms with Crippen molar-refractivity contribution < 1.29 is 9.18 Å². The van der Waals surface area contributed by atoms with Gasteiger partial charge in [0.15, 0.2) is 0 Å². The highest BCUT2D eigenvalue weighted by Gasteiger charge is 2.48. The van der Waals surface area contributed by atoms with Crippen LogP contribution in [-0.4, -0.2) is 72.7 Å². The topological polar surface area (TPSA) is 107 Å². The molecular weight excluding hydrogens is 495 g/mol. The maximum atomic E-state index is 13.7. The maximum Gasteiger partial charge on any atom is 0.254 e. The molecule has 11 heteroatoms. The van der Waals surface area contributed by atoms with Crippen molar-refractivity contribution in [1.82, 2.24) is 34.5 Å². The Morgan fingerprint density at radius 3 is 2.81 bits per heavy atom. The van der Waals surface area contributed by atoms with Gasteiger partial charge in [-0.3, -0.25) is 14.4 Å². The van der Waals surface area contributed by atoms with Gasteiger partial charge >= 0.3 is 0 Å². The van der Waals surface area contributed by atoms with Gasteiger partial charge in [-0.2, -0.15) is 10.4 Å². The van der Waals surface area contributed by atoms with Gasteiger partial charge in [-0.1, -0.05) is 11.6 Å². The number of rotatable bonds is 5. The normalized spacial score (nSPS) is 18.0. The van der Waals surface area contributed by atoms with Crippen molar-refractivity contribution >= 4 is 28.5 Å². The first kappa shape index (κ1) is 23.6. The number of hydrogen-bond acceptors (Lipinski definition) is 6. The minimum atomic E-state index is -0.515. The van der Waals surface area contributed by atoms with E-state index in [1.165, 1.54) is 24.5 Å². The molecule has 2 aliphatic rings. The fourth-order valence-electron chi connectivity index (χ4n) is 5.55. The maximum absolute atomic E-state index is 13.7. The van der Waals surface area contributed by atoms with E-state index in [0.29, 0.717) is 38.6 Å². The smallest absolute Gasteiger partial charge is 0.254 e. The predicted octanol–water partition coefficient (Wildman–Crippen LogP) is 3.84. The Labute approximate surface area is 217 Å². The van der Waals surface area contributed by atoms with Gasteiger partial charge in [-0.15, -0.1) is 0 Å². The van der Waals surface area contributed by atoms with E-state index in [1.54, 1.807) is 11.1 Å². The van der Waals surface area contributed by atoms with Crippen LogP contribution < -0.4 is 0 Å². The van der Waals surface area contributed by atoms with Gasteiger partial charge in [-0.25, -0.2) is 14.4 Å². The molecule has 188 valence electrons. The van der Waals surface area contributed by atoms with Crippen LogP contribution in [0.5, 0.6) is 0 Å². The number of nitrogens with one attached hydrogen (secondary N) is 1. The van der Waals surface area contributed by atoms with Crippen molar-refractivity contribution in [3.05, 3.63) is 65.6 Å². The molecule has 2 saturated heterocycles. The average Bonchev–Trinajstić information content (AvgIpc) is 3.55. The number of nitrogens with zero attached hydrogens (tertiary/aromatic N) is 7. The molecule has 37 heavy (non-hydrogen) atoms. The summed E-state index contributed by atoms with van der Waals surface area (Å²) in [7, 11) is 0. The zero-order valence-corrected chi connectivity index (χ0v) is 20.7. The predicted molar refractivity (Wildman–Crippen MR) is 135 cm³/mol. The monoisotopic (exact) mass is 518 g/mol.